The monoisotopic (exact) mass is 224 g/mol. The first-order valence-electron chi connectivity index (χ1n) is 5.93. The Labute approximate surface area is 96.2 Å². The van der Waals surface area contributed by atoms with Crippen molar-refractivity contribution in [3.8, 4) is 0 Å². The molecule has 5 heteroatoms. The van der Waals surface area contributed by atoms with Crippen molar-refractivity contribution in [2.75, 3.05) is 6.61 Å². The van der Waals surface area contributed by atoms with Crippen LogP contribution in [0.25, 0.3) is 0 Å². The van der Waals surface area contributed by atoms with E-state index in [-0.39, 0.29) is 0 Å². The third-order valence-electron chi connectivity index (χ3n) is 2.90. The molecule has 0 aliphatic carbocycles. The molecule has 16 heavy (non-hydrogen) atoms. The molecule has 1 fully saturated rings. The summed E-state index contributed by atoms with van der Waals surface area (Å²) in [7, 11) is 1.88. The van der Waals surface area contributed by atoms with Crippen molar-refractivity contribution in [2.24, 2.45) is 7.05 Å². The lowest BCUT2D eigenvalue weighted by Gasteiger charge is -2.16. The zero-order valence-electron chi connectivity index (χ0n) is 10.0. The SMILES string of the molecule is CC(CC1CCCO1)NCc1ncn(C)n1. The maximum Gasteiger partial charge on any atom is 0.164 e. The van der Waals surface area contributed by atoms with Crippen LogP contribution in [0, 0.1) is 0 Å². The molecule has 0 amide bonds. The van der Waals surface area contributed by atoms with Crippen molar-refractivity contribution in [3.05, 3.63) is 12.2 Å². The van der Waals surface area contributed by atoms with Gasteiger partial charge in [0.05, 0.1) is 12.6 Å². The second-order valence-corrected chi connectivity index (χ2v) is 4.49. The molecule has 0 spiro atoms. The van der Waals surface area contributed by atoms with E-state index in [1.54, 1.807) is 11.0 Å². The predicted molar refractivity (Wildman–Crippen MR) is 60.9 cm³/mol. The first-order chi connectivity index (χ1) is 7.74. The van der Waals surface area contributed by atoms with Gasteiger partial charge in [-0.3, -0.25) is 4.68 Å². The Balaban J connectivity index is 1.68. The van der Waals surface area contributed by atoms with Crippen molar-refractivity contribution in [3.63, 3.8) is 0 Å². The normalized spacial score (nSPS) is 22.5. The summed E-state index contributed by atoms with van der Waals surface area (Å²) in [4.78, 5) is 4.18. The molecule has 2 heterocycles. The number of ether oxygens (including phenoxy) is 1. The van der Waals surface area contributed by atoms with E-state index in [0.29, 0.717) is 12.1 Å². The molecule has 1 aliphatic rings. The Morgan fingerprint density at radius 1 is 1.69 bits per heavy atom. The topological polar surface area (TPSA) is 52.0 Å². The number of nitrogens with one attached hydrogen (secondary N) is 1. The number of hydrogen-bond donors (Lipinski definition) is 1. The van der Waals surface area contributed by atoms with Gasteiger partial charge in [-0.05, 0) is 26.2 Å². The minimum Gasteiger partial charge on any atom is -0.378 e. The Bertz CT molecular complexity index is 320. The number of nitrogens with zero attached hydrogens (tertiary/aromatic N) is 3. The fourth-order valence-corrected chi connectivity index (χ4v) is 2.04. The average molecular weight is 224 g/mol. The van der Waals surface area contributed by atoms with Crippen LogP contribution in [0.2, 0.25) is 0 Å². The highest BCUT2D eigenvalue weighted by Gasteiger charge is 2.18. The molecule has 0 saturated carbocycles. The van der Waals surface area contributed by atoms with Gasteiger partial charge in [0.15, 0.2) is 5.82 Å². The van der Waals surface area contributed by atoms with Crippen LogP contribution in [0.5, 0.6) is 0 Å². The lowest BCUT2D eigenvalue weighted by molar-refractivity contribution is 0.0961. The number of rotatable bonds is 5. The minimum atomic E-state index is 0.444. The van der Waals surface area contributed by atoms with Gasteiger partial charge >= 0.3 is 0 Å². The van der Waals surface area contributed by atoms with E-state index < -0.39 is 0 Å². The molecule has 90 valence electrons. The molecule has 5 nitrogen and oxygen atoms in total. The van der Waals surface area contributed by atoms with E-state index >= 15 is 0 Å². The van der Waals surface area contributed by atoms with E-state index in [0.717, 1.165) is 25.4 Å². The highest BCUT2D eigenvalue weighted by Crippen LogP contribution is 2.16. The molecule has 2 atom stereocenters. The zero-order valence-corrected chi connectivity index (χ0v) is 10.0. The van der Waals surface area contributed by atoms with Crippen LogP contribution in [0.3, 0.4) is 0 Å². The highest BCUT2D eigenvalue weighted by molar-refractivity contribution is 4.82. The Kier molecular flexibility index (Phi) is 3.90. The van der Waals surface area contributed by atoms with Crippen LogP contribution < -0.4 is 5.32 Å². The van der Waals surface area contributed by atoms with Crippen molar-refractivity contribution < 1.29 is 4.74 Å². The second-order valence-electron chi connectivity index (χ2n) is 4.49. The van der Waals surface area contributed by atoms with Gasteiger partial charge in [-0.15, -0.1) is 0 Å². The maximum atomic E-state index is 5.60. The van der Waals surface area contributed by atoms with Gasteiger partial charge in [0, 0.05) is 19.7 Å². The van der Waals surface area contributed by atoms with E-state index in [1.807, 2.05) is 7.05 Å². The third kappa shape index (κ3) is 3.28. The minimum absolute atomic E-state index is 0.444. The van der Waals surface area contributed by atoms with Crippen LogP contribution in [-0.4, -0.2) is 33.5 Å². The summed E-state index contributed by atoms with van der Waals surface area (Å²) in [6.45, 7) is 3.85. The van der Waals surface area contributed by atoms with Crippen molar-refractivity contribution >= 4 is 0 Å². The molecular formula is C11H20N4O. The summed E-state index contributed by atoms with van der Waals surface area (Å²) in [6, 6.07) is 0.451. The summed E-state index contributed by atoms with van der Waals surface area (Å²) in [5.41, 5.74) is 0. The third-order valence-corrected chi connectivity index (χ3v) is 2.90. The second kappa shape index (κ2) is 5.41. The molecular weight excluding hydrogens is 204 g/mol. The quantitative estimate of drug-likeness (QED) is 0.806. The van der Waals surface area contributed by atoms with E-state index in [1.165, 1.54) is 12.8 Å². The Hall–Kier alpha value is -0.940. The van der Waals surface area contributed by atoms with Crippen LogP contribution in [0.1, 0.15) is 32.0 Å². The van der Waals surface area contributed by atoms with Crippen molar-refractivity contribution in [1.29, 1.82) is 0 Å². The summed E-state index contributed by atoms with van der Waals surface area (Å²) in [6.07, 6.45) is 5.65. The van der Waals surface area contributed by atoms with Gasteiger partial charge in [0.25, 0.3) is 0 Å². The molecule has 1 saturated heterocycles. The summed E-state index contributed by atoms with van der Waals surface area (Å²) < 4.78 is 7.33. The summed E-state index contributed by atoms with van der Waals surface area (Å²) in [5, 5.41) is 7.65. The van der Waals surface area contributed by atoms with Gasteiger partial charge in [-0.2, -0.15) is 5.10 Å². The maximum absolute atomic E-state index is 5.60. The zero-order chi connectivity index (χ0) is 11.4. The number of aryl methyl sites for hydroxylation is 1. The molecule has 1 aromatic heterocycles. The molecule has 1 aliphatic heterocycles. The summed E-state index contributed by atoms with van der Waals surface area (Å²) >= 11 is 0. The lowest BCUT2D eigenvalue weighted by atomic mass is 10.1. The van der Waals surface area contributed by atoms with Gasteiger partial charge in [-0.1, -0.05) is 0 Å². The molecule has 2 unspecified atom stereocenters. The first-order valence-corrected chi connectivity index (χ1v) is 5.93. The molecule has 0 bridgehead atoms. The van der Waals surface area contributed by atoms with Crippen molar-refractivity contribution in [2.45, 2.75) is 44.9 Å². The van der Waals surface area contributed by atoms with Gasteiger partial charge in [0.1, 0.15) is 6.33 Å². The van der Waals surface area contributed by atoms with Crippen LogP contribution in [0.15, 0.2) is 6.33 Å². The van der Waals surface area contributed by atoms with Gasteiger partial charge < -0.3 is 10.1 Å². The van der Waals surface area contributed by atoms with E-state index in [9.17, 15) is 0 Å². The summed E-state index contributed by atoms with van der Waals surface area (Å²) in [5.74, 6) is 0.849. The first kappa shape index (κ1) is 11.5. The van der Waals surface area contributed by atoms with E-state index in [2.05, 4.69) is 22.3 Å². The number of aromatic nitrogens is 3. The average Bonchev–Trinajstić information content (AvgIpc) is 2.87. The predicted octanol–water partition coefficient (Wildman–Crippen LogP) is 0.862. The fourth-order valence-electron chi connectivity index (χ4n) is 2.04. The standard InChI is InChI=1S/C11H20N4O/c1-9(6-10-4-3-5-16-10)12-7-11-13-8-15(2)14-11/h8-10,12H,3-7H2,1-2H3. The highest BCUT2D eigenvalue weighted by atomic mass is 16.5. The molecule has 1 aromatic rings. The van der Waals surface area contributed by atoms with Crippen molar-refractivity contribution in [1.82, 2.24) is 20.1 Å². The van der Waals surface area contributed by atoms with E-state index in [4.69, 9.17) is 4.74 Å². The molecule has 1 N–H and O–H groups in total. The molecule has 0 aromatic carbocycles. The van der Waals surface area contributed by atoms with Crippen LogP contribution in [-0.2, 0) is 18.3 Å². The largest absolute Gasteiger partial charge is 0.378 e. The van der Waals surface area contributed by atoms with Gasteiger partial charge in [-0.25, -0.2) is 4.98 Å². The molecule has 0 radical (unpaired) electrons. The number of hydrogen-bond acceptors (Lipinski definition) is 4. The fraction of sp³-hybridized carbons (Fsp3) is 0.818. The smallest absolute Gasteiger partial charge is 0.164 e. The van der Waals surface area contributed by atoms with Crippen LogP contribution >= 0.6 is 0 Å². The molecule has 2 rings (SSSR count). The van der Waals surface area contributed by atoms with Crippen LogP contribution in [0.4, 0.5) is 0 Å². The lowest BCUT2D eigenvalue weighted by Crippen LogP contribution is -2.29. The van der Waals surface area contributed by atoms with Gasteiger partial charge in [0.2, 0.25) is 0 Å². The Morgan fingerprint density at radius 2 is 2.56 bits per heavy atom. The Morgan fingerprint density at radius 3 is 3.19 bits per heavy atom.